The lowest BCUT2D eigenvalue weighted by Gasteiger charge is -2.26. The Labute approximate surface area is 122 Å². The van der Waals surface area contributed by atoms with Crippen LogP contribution in [-0.2, 0) is 11.2 Å². The Hall–Kier alpha value is -1.35. The topological polar surface area (TPSA) is 32.3 Å². The third kappa shape index (κ3) is 3.40. The maximum Gasteiger partial charge on any atom is 0.239 e. The summed E-state index contributed by atoms with van der Waals surface area (Å²) in [5.74, 6) is 0.175. The van der Waals surface area contributed by atoms with Gasteiger partial charge in [0.15, 0.2) is 0 Å². The number of rotatable bonds is 4. The predicted molar refractivity (Wildman–Crippen MR) is 82.6 cm³/mol. The molecule has 1 aliphatic carbocycles. The van der Waals surface area contributed by atoms with Crippen molar-refractivity contribution in [3.63, 3.8) is 0 Å². The van der Waals surface area contributed by atoms with Gasteiger partial charge in [0.25, 0.3) is 0 Å². The van der Waals surface area contributed by atoms with Gasteiger partial charge in [-0.3, -0.25) is 10.1 Å². The van der Waals surface area contributed by atoms with E-state index in [1.165, 1.54) is 24.0 Å². The van der Waals surface area contributed by atoms with Gasteiger partial charge in [-0.15, -0.1) is 0 Å². The molecule has 0 radical (unpaired) electrons. The summed E-state index contributed by atoms with van der Waals surface area (Å²) in [6.07, 6.45) is 4.74. The van der Waals surface area contributed by atoms with Crippen molar-refractivity contribution in [3.05, 3.63) is 35.4 Å². The predicted octanol–water partition coefficient (Wildman–Crippen LogP) is 2.91. The van der Waals surface area contributed by atoms with E-state index in [0.717, 1.165) is 19.4 Å². The molecule has 2 rings (SSSR count). The molecule has 1 aromatic rings. The normalized spacial score (nSPS) is 19.9. The fourth-order valence-electron chi connectivity index (χ4n) is 2.95. The number of amides is 1. The quantitative estimate of drug-likeness (QED) is 0.856. The number of carbonyl (C=O) groups is 1. The van der Waals surface area contributed by atoms with E-state index in [-0.39, 0.29) is 11.9 Å². The minimum atomic E-state index is -0.129. The van der Waals surface area contributed by atoms with Crippen LogP contribution in [0.5, 0.6) is 0 Å². The molecule has 20 heavy (non-hydrogen) atoms. The number of likely N-dealkylation sites (N-methyl/N-ethyl adjacent to an activating group) is 1. The third-order valence-corrected chi connectivity index (χ3v) is 4.29. The molecule has 0 aliphatic heterocycles. The highest BCUT2D eigenvalue weighted by molar-refractivity contribution is 5.81. The molecule has 0 bridgehead atoms. The molecular formula is C17H26N2O. The zero-order chi connectivity index (χ0) is 14.5. The maximum atomic E-state index is 12.2. The van der Waals surface area contributed by atoms with Gasteiger partial charge in [-0.1, -0.05) is 30.7 Å². The van der Waals surface area contributed by atoms with Crippen LogP contribution in [0.4, 0.5) is 0 Å². The van der Waals surface area contributed by atoms with E-state index in [2.05, 4.69) is 29.6 Å². The van der Waals surface area contributed by atoms with Crippen LogP contribution in [-0.4, -0.2) is 30.4 Å². The van der Waals surface area contributed by atoms with Gasteiger partial charge >= 0.3 is 0 Å². The van der Waals surface area contributed by atoms with E-state index in [4.69, 9.17) is 0 Å². The van der Waals surface area contributed by atoms with E-state index in [1.807, 2.05) is 20.9 Å². The largest absolute Gasteiger partial charge is 0.345 e. The molecule has 0 fully saturated rings. The smallest absolute Gasteiger partial charge is 0.239 e. The van der Waals surface area contributed by atoms with E-state index >= 15 is 0 Å². The van der Waals surface area contributed by atoms with Crippen LogP contribution < -0.4 is 5.32 Å². The lowest BCUT2D eigenvalue weighted by molar-refractivity contribution is -0.131. The molecule has 1 N–H and O–H groups in total. The van der Waals surface area contributed by atoms with Crippen molar-refractivity contribution in [2.45, 2.75) is 51.6 Å². The summed E-state index contributed by atoms with van der Waals surface area (Å²) in [6, 6.07) is 8.82. The minimum Gasteiger partial charge on any atom is -0.345 e. The molecule has 0 spiro atoms. The van der Waals surface area contributed by atoms with Crippen LogP contribution in [0.3, 0.4) is 0 Å². The summed E-state index contributed by atoms with van der Waals surface area (Å²) >= 11 is 0. The molecule has 1 aromatic carbocycles. The zero-order valence-electron chi connectivity index (χ0n) is 12.9. The second-order valence-electron chi connectivity index (χ2n) is 5.74. The van der Waals surface area contributed by atoms with Crippen LogP contribution in [0.25, 0.3) is 0 Å². The molecule has 3 nitrogen and oxygen atoms in total. The van der Waals surface area contributed by atoms with Crippen LogP contribution in [0.2, 0.25) is 0 Å². The molecule has 0 heterocycles. The molecule has 3 heteroatoms. The number of hydrogen-bond donors (Lipinski definition) is 1. The minimum absolute atomic E-state index is 0.129. The van der Waals surface area contributed by atoms with Crippen molar-refractivity contribution in [1.82, 2.24) is 10.2 Å². The Balaban J connectivity index is 2.11. The molecule has 110 valence electrons. The monoisotopic (exact) mass is 274 g/mol. The second kappa shape index (κ2) is 6.89. The Morgan fingerprint density at radius 3 is 2.90 bits per heavy atom. The number of hydrogen-bond acceptors (Lipinski definition) is 2. The summed E-state index contributed by atoms with van der Waals surface area (Å²) in [4.78, 5) is 14.0. The Morgan fingerprint density at radius 2 is 2.15 bits per heavy atom. The first-order valence-corrected chi connectivity index (χ1v) is 7.72. The van der Waals surface area contributed by atoms with Crippen LogP contribution in [0, 0.1) is 0 Å². The average Bonchev–Trinajstić information content (AvgIpc) is 2.68. The summed E-state index contributed by atoms with van der Waals surface area (Å²) in [6.45, 7) is 4.74. The van der Waals surface area contributed by atoms with Gasteiger partial charge in [0.1, 0.15) is 0 Å². The number of nitrogens with zero attached hydrogens (tertiary/aromatic N) is 1. The fourth-order valence-corrected chi connectivity index (χ4v) is 2.95. The Bertz CT molecular complexity index is 458. The van der Waals surface area contributed by atoms with Crippen molar-refractivity contribution in [2.24, 2.45) is 0 Å². The molecule has 1 amide bonds. The van der Waals surface area contributed by atoms with Gasteiger partial charge in [0.2, 0.25) is 5.91 Å². The van der Waals surface area contributed by atoms with Crippen LogP contribution >= 0.6 is 0 Å². The van der Waals surface area contributed by atoms with Gasteiger partial charge < -0.3 is 4.90 Å². The lowest BCUT2D eigenvalue weighted by Crippen LogP contribution is -2.44. The molecule has 0 saturated carbocycles. The molecule has 0 saturated heterocycles. The SMILES string of the molecule is CCN(C)C(=O)C(C)NC1CCCCc2ccccc21. The van der Waals surface area contributed by atoms with E-state index in [9.17, 15) is 4.79 Å². The highest BCUT2D eigenvalue weighted by Gasteiger charge is 2.23. The van der Waals surface area contributed by atoms with Gasteiger partial charge in [0, 0.05) is 19.6 Å². The summed E-state index contributed by atoms with van der Waals surface area (Å²) in [5, 5.41) is 3.54. The average molecular weight is 274 g/mol. The zero-order valence-corrected chi connectivity index (χ0v) is 12.9. The van der Waals surface area contributed by atoms with Gasteiger partial charge in [0.05, 0.1) is 6.04 Å². The summed E-state index contributed by atoms with van der Waals surface area (Å²) < 4.78 is 0. The molecule has 2 unspecified atom stereocenters. The fraction of sp³-hybridized carbons (Fsp3) is 0.588. The number of carbonyl (C=O) groups excluding carboxylic acids is 1. The van der Waals surface area contributed by atoms with Gasteiger partial charge in [-0.25, -0.2) is 0 Å². The standard InChI is InChI=1S/C17H26N2O/c1-4-19(3)17(20)13(2)18-16-12-8-6-10-14-9-5-7-11-15(14)16/h5,7,9,11,13,16,18H,4,6,8,10,12H2,1-3H3. The highest BCUT2D eigenvalue weighted by atomic mass is 16.2. The molecule has 2 atom stereocenters. The first-order chi connectivity index (χ1) is 9.63. The van der Waals surface area contributed by atoms with Crippen molar-refractivity contribution in [2.75, 3.05) is 13.6 Å². The van der Waals surface area contributed by atoms with E-state index in [0.29, 0.717) is 6.04 Å². The first-order valence-electron chi connectivity index (χ1n) is 7.72. The summed E-state index contributed by atoms with van der Waals surface area (Å²) in [7, 11) is 1.86. The number of fused-ring (bicyclic) bond motifs is 1. The Kier molecular flexibility index (Phi) is 5.18. The van der Waals surface area contributed by atoms with Crippen molar-refractivity contribution >= 4 is 5.91 Å². The Morgan fingerprint density at radius 1 is 1.40 bits per heavy atom. The van der Waals surface area contributed by atoms with E-state index < -0.39 is 0 Å². The van der Waals surface area contributed by atoms with Crippen LogP contribution in [0.15, 0.2) is 24.3 Å². The number of nitrogens with one attached hydrogen (secondary N) is 1. The highest BCUT2D eigenvalue weighted by Crippen LogP contribution is 2.28. The third-order valence-electron chi connectivity index (χ3n) is 4.29. The molecule has 0 aromatic heterocycles. The van der Waals surface area contributed by atoms with E-state index in [1.54, 1.807) is 4.90 Å². The number of aryl methyl sites for hydroxylation is 1. The molecule has 1 aliphatic rings. The van der Waals surface area contributed by atoms with Gasteiger partial charge in [-0.2, -0.15) is 0 Å². The second-order valence-corrected chi connectivity index (χ2v) is 5.74. The van der Waals surface area contributed by atoms with Crippen molar-refractivity contribution in [3.8, 4) is 0 Å². The van der Waals surface area contributed by atoms with Crippen molar-refractivity contribution < 1.29 is 4.79 Å². The number of benzene rings is 1. The van der Waals surface area contributed by atoms with Crippen molar-refractivity contribution in [1.29, 1.82) is 0 Å². The first kappa shape index (κ1) is 15.0. The summed E-state index contributed by atoms with van der Waals surface area (Å²) in [5.41, 5.74) is 2.81. The lowest BCUT2D eigenvalue weighted by atomic mass is 9.98. The molecular weight excluding hydrogens is 248 g/mol. The van der Waals surface area contributed by atoms with Crippen LogP contribution in [0.1, 0.15) is 50.3 Å². The van der Waals surface area contributed by atoms with Gasteiger partial charge in [-0.05, 0) is 44.2 Å². The maximum absolute atomic E-state index is 12.2.